The van der Waals surface area contributed by atoms with Crippen LogP contribution >= 0.6 is 22.9 Å². The molecule has 0 radical (unpaired) electrons. The number of ether oxygens (including phenoxy) is 1. The molecule has 0 N–H and O–H groups in total. The first-order valence-electron chi connectivity index (χ1n) is 8.19. The highest BCUT2D eigenvalue weighted by atomic mass is 35.5. The maximum Gasteiger partial charge on any atom is 0.354 e. The maximum absolute atomic E-state index is 12.1. The lowest BCUT2D eigenvalue weighted by atomic mass is 10.2. The van der Waals surface area contributed by atoms with E-state index < -0.39 is 11.9 Å². The molecule has 2 rings (SSSR count). The summed E-state index contributed by atoms with van der Waals surface area (Å²) in [5, 5.41) is 6.26. The van der Waals surface area contributed by atoms with Gasteiger partial charge in [0.25, 0.3) is 0 Å². The van der Waals surface area contributed by atoms with Crippen LogP contribution in [-0.4, -0.2) is 41.5 Å². The van der Waals surface area contributed by atoms with Crippen molar-refractivity contribution in [2.75, 3.05) is 13.7 Å². The Hall–Kier alpha value is -2.45. The van der Waals surface area contributed by atoms with E-state index in [1.54, 1.807) is 19.1 Å². The molecule has 0 bridgehead atoms. The molecule has 1 aromatic carbocycles. The second-order valence-corrected chi connectivity index (χ2v) is 7.18. The second-order valence-electron chi connectivity index (χ2n) is 5.54. The molecule has 0 aliphatic carbocycles. The van der Waals surface area contributed by atoms with Crippen molar-refractivity contribution in [3.8, 4) is 10.6 Å². The Bertz CT molecular complexity index is 849. The third-order valence-corrected chi connectivity index (χ3v) is 4.71. The van der Waals surface area contributed by atoms with Crippen LogP contribution in [-0.2, 0) is 25.6 Å². The fourth-order valence-corrected chi connectivity index (χ4v) is 3.19. The molecular weight excluding hydrogens is 390 g/mol. The average Bonchev–Trinajstić information content (AvgIpc) is 2.96. The molecule has 0 aliphatic heterocycles. The summed E-state index contributed by atoms with van der Waals surface area (Å²) in [5.74, 6) is -1.10. The van der Waals surface area contributed by atoms with Gasteiger partial charge >= 0.3 is 11.9 Å². The number of halogens is 1. The molecule has 0 unspecified atom stereocenters. The SMILES string of the molecule is CCOC(=O)C(C)=NN(C)OC(=O)Cc1nc(-c2ccc(Cl)cc2)sc1C. The van der Waals surface area contributed by atoms with Gasteiger partial charge in [-0.25, -0.2) is 14.6 Å². The van der Waals surface area contributed by atoms with Gasteiger partial charge in [0, 0.05) is 15.5 Å². The van der Waals surface area contributed by atoms with Gasteiger partial charge in [0.1, 0.15) is 10.7 Å². The Labute approximate surface area is 166 Å². The van der Waals surface area contributed by atoms with Crippen molar-refractivity contribution in [1.29, 1.82) is 0 Å². The summed E-state index contributed by atoms with van der Waals surface area (Å²) in [6, 6.07) is 7.34. The lowest BCUT2D eigenvalue weighted by Crippen LogP contribution is -2.24. The Balaban J connectivity index is 2.00. The monoisotopic (exact) mass is 409 g/mol. The third kappa shape index (κ3) is 6.04. The molecule has 0 aliphatic rings. The van der Waals surface area contributed by atoms with Gasteiger partial charge in [-0.3, -0.25) is 0 Å². The highest BCUT2D eigenvalue weighted by molar-refractivity contribution is 7.15. The molecule has 0 amide bonds. The Morgan fingerprint density at radius 1 is 1.30 bits per heavy atom. The van der Waals surface area contributed by atoms with Crippen molar-refractivity contribution < 1.29 is 19.2 Å². The van der Waals surface area contributed by atoms with Crippen molar-refractivity contribution in [3.63, 3.8) is 0 Å². The molecule has 0 fully saturated rings. The zero-order valence-corrected chi connectivity index (χ0v) is 17.1. The number of rotatable bonds is 7. The van der Waals surface area contributed by atoms with Crippen LogP contribution in [0.1, 0.15) is 24.4 Å². The van der Waals surface area contributed by atoms with Crippen molar-refractivity contribution in [3.05, 3.63) is 39.9 Å². The molecule has 2 aromatic rings. The lowest BCUT2D eigenvalue weighted by molar-refractivity contribution is -0.183. The van der Waals surface area contributed by atoms with Gasteiger partial charge in [0.05, 0.1) is 25.8 Å². The summed E-state index contributed by atoms with van der Waals surface area (Å²) in [7, 11) is 1.42. The highest BCUT2D eigenvalue weighted by Gasteiger charge is 2.16. The van der Waals surface area contributed by atoms with Gasteiger partial charge in [-0.1, -0.05) is 23.7 Å². The van der Waals surface area contributed by atoms with Crippen LogP contribution in [0.5, 0.6) is 0 Å². The Kier molecular flexibility index (Phi) is 7.32. The van der Waals surface area contributed by atoms with E-state index in [1.807, 2.05) is 19.1 Å². The van der Waals surface area contributed by atoms with Crippen LogP contribution in [0.4, 0.5) is 0 Å². The lowest BCUT2D eigenvalue weighted by Gasteiger charge is -2.12. The highest BCUT2D eigenvalue weighted by Crippen LogP contribution is 2.28. The number of hydrazone groups is 1. The van der Waals surface area contributed by atoms with E-state index in [0.29, 0.717) is 10.7 Å². The number of thiazole rings is 1. The van der Waals surface area contributed by atoms with E-state index in [9.17, 15) is 9.59 Å². The normalized spacial score (nSPS) is 11.2. The number of aryl methyl sites for hydroxylation is 1. The van der Waals surface area contributed by atoms with Crippen LogP contribution in [0.3, 0.4) is 0 Å². The molecule has 0 atom stereocenters. The van der Waals surface area contributed by atoms with Gasteiger partial charge < -0.3 is 9.57 Å². The molecule has 0 saturated carbocycles. The number of hydrogen-bond acceptors (Lipinski definition) is 8. The fraction of sp³-hybridized carbons (Fsp3) is 0.333. The van der Waals surface area contributed by atoms with Crippen molar-refractivity contribution in [1.82, 2.24) is 10.2 Å². The van der Waals surface area contributed by atoms with E-state index in [1.165, 1.54) is 25.3 Å². The van der Waals surface area contributed by atoms with Gasteiger partial charge in [0.2, 0.25) is 0 Å². The molecule has 0 spiro atoms. The van der Waals surface area contributed by atoms with Crippen molar-refractivity contribution in [2.45, 2.75) is 27.2 Å². The summed E-state index contributed by atoms with van der Waals surface area (Å²) in [5.41, 5.74) is 1.65. The van der Waals surface area contributed by atoms with E-state index in [-0.39, 0.29) is 18.7 Å². The molecule has 1 aromatic heterocycles. The molecule has 0 saturated heterocycles. The molecule has 9 heteroatoms. The Morgan fingerprint density at radius 3 is 2.59 bits per heavy atom. The zero-order chi connectivity index (χ0) is 20.0. The van der Waals surface area contributed by atoms with Crippen molar-refractivity contribution >= 4 is 40.6 Å². The van der Waals surface area contributed by atoms with Crippen LogP contribution in [0.15, 0.2) is 29.4 Å². The minimum atomic E-state index is -0.566. The fourth-order valence-electron chi connectivity index (χ4n) is 2.13. The number of esters is 1. The van der Waals surface area contributed by atoms with E-state index in [2.05, 4.69) is 10.1 Å². The number of benzene rings is 1. The number of hydroxylamine groups is 1. The largest absolute Gasteiger partial charge is 0.461 e. The molecule has 144 valence electrons. The van der Waals surface area contributed by atoms with Crippen LogP contribution in [0.2, 0.25) is 5.02 Å². The number of nitrogens with zero attached hydrogens (tertiary/aromatic N) is 3. The summed E-state index contributed by atoms with van der Waals surface area (Å²) in [4.78, 5) is 34.2. The smallest absolute Gasteiger partial charge is 0.354 e. The molecule has 7 nitrogen and oxygen atoms in total. The number of carbonyl (C=O) groups excluding carboxylic acids is 2. The van der Waals surface area contributed by atoms with Crippen LogP contribution in [0, 0.1) is 6.92 Å². The summed E-state index contributed by atoms with van der Waals surface area (Å²) in [6.07, 6.45) is -0.00572. The number of aromatic nitrogens is 1. The van der Waals surface area contributed by atoms with Gasteiger partial charge in [-0.2, -0.15) is 0 Å². The number of hydrogen-bond donors (Lipinski definition) is 0. The zero-order valence-electron chi connectivity index (χ0n) is 15.5. The van der Waals surface area contributed by atoms with Gasteiger partial charge in [-0.15, -0.1) is 21.6 Å². The first-order chi connectivity index (χ1) is 12.8. The van der Waals surface area contributed by atoms with E-state index >= 15 is 0 Å². The van der Waals surface area contributed by atoms with Crippen LogP contribution in [0.25, 0.3) is 10.6 Å². The van der Waals surface area contributed by atoms with E-state index in [4.69, 9.17) is 21.2 Å². The standard InChI is InChI=1S/C18H20ClN3O4S/c1-5-25-18(24)11(2)21-22(4)26-16(23)10-15-12(3)27-17(20-15)13-6-8-14(19)9-7-13/h6-9H,5,10H2,1-4H3. The Morgan fingerprint density at radius 2 is 1.96 bits per heavy atom. The third-order valence-electron chi connectivity index (χ3n) is 3.39. The topological polar surface area (TPSA) is 81.1 Å². The first kappa shape index (κ1) is 20.9. The molecular formula is C18H20ClN3O4S. The predicted molar refractivity (Wildman–Crippen MR) is 105 cm³/mol. The maximum atomic E-state index is 12.1. The van der Waals surface area contributed by atoms with Crippen molar-refractivity contribution in [2.24, 2.45) is 5.10 Å². The quantitative estimate of drug-likeness (QED) is 0.394. The van der Waals surface area contributed by atoms with Gasteiger partial charge in [0.15, 0.2) is 0 Å². The molecule has 27 heavy (non-hydrogen) atoms. The minimum absolute atomic E-state index is 0.00572. The summed E-state index contributed by atoms with van der Waals surface area (Å²) in [6.45, 7) is 5.31. The first-order valence-corrected chi connectivity index (χ1v) is 9.38. The second kappa shape index (κ2) is 9.48. The van der Waals surface area contributed by atoms with E-state index in [0.717, 1.165) is 20.6 Å². The number of carbonyl (C=O) groups is 2. The molecule has 1 heterocycles. The average molecular weight is 410 g/mol. The predicted octanol–water partition coefficient (Wildman–Crippen LogP) is 3.64. The minimum Gasteiger partial charge on any atom is -0.461 e. The van der Waals surface area contributed by atoms with Crippen LogP contribution < -0.4 is 0 Å². The summed E-state index contributed by atoms with van der Waals surface area (Å²) >= 11 is 7.39. The van der Waals surface area contributed by atoms with Gasteiger partial charge in [-0.05, 0) is 32.9 Å². The summed E-state index contributed by atoms with van der Waals surface area (Å²) < 4.78 is 4.82.